The average molecular weight is 140 g/mol. The van der Waals surface area contributed by atoms with E-state index in [4.69, 9.17) is 9.84 Å². The molecule has 54 valence electrons. The Labute approximate surface area is 58.6 Å². The third-order valence-electron chi connectivity index (χ3n) is 1.15. The molecule has 0 saturated carbocycles. The molecule has 0 bridgehead atoms. The van der Waals surface area contributed by atoms with Crippen molar-refractivity contribution in [2.75, 3.05) is 0 Å². The summed E-state index contributed by atoms with van der Waals surface area (Å²) in [4.78, 5) is 10.4. The Morgan fingerprint density at radius 3 is 3.00 bits per heavy atom. The molecule has 0 amide bonds. The largest absolute Gasteiger partial charge is 0.513 e. The summed E-state index contributed by atoms with van der Waals surface area (Å²) in [6, 6.07) is 0. The van der Waals surface area contributed by atoms with Gasteiger partial charge in [-0.2, -0.15) is 0 Å². The van der Waals surface area contributed by atoms with Crippen LogP contribution >= 0.6 is 0 Å². The Balaban J connectivity index is 2.40. The van der Waals surface area contributed by atoms with Crippen molar-refractivity contribution in [3.63, 3.8) is 0 Å². The second-order valence-corrected chi connectivity index (χ2v) is 2.10. The van der Waals surface area contributed by atoms with Crippen LogP contribution in [-0.4, -0.2) is 17.2 Å². The fourth-order valence-electron chi connectivity index (χ4n) is 0.756. The molecule has 0 radical (unpaired) electrons. The van der Waals surface area contributed by atoms with Crippen molar-refractivity contribution in [2.24, 2.45) is 0 Å². The molecule has 1 aliphatic heterocycles. The first-order chi connectivity index (χ1) is 4.68. The number of rotatable bonds is 2. The van der Waals surface area contributed by atoms with Gasteiger partial charge in [-0.05, 0) is 6.08 Å². The van der Waals surface area contributed by atoms with Crippen molar-refractivity contribution in [1.29, 1.82) is 0 Å². The van der Waals surface area contributed by atoms with Crippen LogP contribution in [0.3, 0.4) is 0 Å². The van der Waals surface area contributed by atoms with E-state index >= 15 is 0 Å². The number of carbonyl (C=O) groups is 1. The Bertz CT molecular complexity index is 193. The van der Waals surface area contributed by atoms with Crippen molar-refractivity contribution in [3.8, 4) is 0 Å². The van der Waals surface area contributed by atoms with Crippen molar-refractivity contribution >= 4 is 5.97 Å². The Hall–Kier alpha value is -1.25. The van der Waals surface area contributed by atoms with E-state index in [2.05, 4.69) is 6.58 Å². The molecule has 3 nitrogen and oxygen atoms in total. The van der Waals surface area contributed by atoms with E-state index in [0.29, 0.717) is 6.42 Å². The Kier molecular flexibility index (Phi) is 1.76. The molecule has 1 unspecified atom stereocenters. The van der Waals surface area contributed by atoms with Crippen LogP contribution in [0.15, 0.2) is 24.5 Å². The van der Waals surface area contributed by atoms with Gasteiger partial charge in [0.15, 0.2) is 0 Å². The van der Waals surface area contributed by atoms with E-state index in [1.165, 1.54) is 6.08 Å². The minimum atomic E-state index is -0.355. The predicted octanol–water partition coefficient (Wildman–Crippen LogP) is 0.930. The molecule has 3 heteroatoms. The maximum Gasteiger partial charge on any atom is 0.331 e. The summed E-state index contributed by atoms with van der Waals surface area (Å²) in [6.07, 6.45) is 2.92. The van der Waals surface area contributed by atoms with Crippen LogP contribution in [0.2, 0.25) is 0 Å². The fraction of sp³-hybridized carbons (Fsp3) is 0.286. The van der Waals surface area contributed by atoms with Gasteiger partial charge >= 0.3 is 5.97 Å². The summed E-state index contributed by atoms with van der Waals surface area (Å²) < 4.78 is 4.70. The highest BCUT2D eigenvalue weighted by molar-refractivity contribution is 5.84. The van der Waals surface area contributed by atoms with Gasteiger partial charge in [-0.3, -0.25) is 0 Å². The molecule has 1 N–H and O–H groups in total. The highest BCUT2D eigenvalue weighted by Crippen LogP contribution is 2.11. The number of cyclic esters (lactones) is 1. The molecule has 0 spiro atoms. The van der Waals surface area contributed by atoms with Gasteiger partial charge in [-0.15, -0.1) is 0 Å². The normalized spacial score (nSPS) is 22.8. The lowest BCUT2D eigenvalue weighted by Crippen LogP contribution is -2.07. The SMILES string of the molecule is C=C(O)CC1C=CC(=O)O1. The third kappa shape index (κ3) is 1.62. The molecule has 0 aromatic heterocycles. The highest BCUT2D eigenvalue weighted by atomic mass is 16.5. The van der Waals surface area contributed by atoms with Crippen molar-refractivity contribution in [2.45, 2.75) is 12.5 Å². The van der Waals surface area contributed by atoms with Gasteiger partial charge in [0, 0.05) is 12.5 Å². The summed E-state index contributed by atoms with van der Waals surface area (Å²) in [7, 11) is 0. The van der Waals surface area contributed by atoms with Gasteiger partial charge in [0.2, 0.25) is 0 Å². The standard InChI is InChI=1S/C7H8O3/c1-5(8)4-6-2-3-7(9)10-6/h2-3,6,8H,1,4H2. The molecule has 1 rings (SSSR count). The van der Waals surface area contributed by atoms with Crippen LogP contribution in [0, 0.1) is 0 Å². The average Bonchev–Trinajstić information content (AvgIpc) is 2.13. The minimum absolute atomic E-state index is 0.0318. The summed E-state index contributed by atoms with van der Waals surface area (Å²) in [5.41, 5.74) is 0. The van der Waals surface area contributed by atoms with E-state index in [0.717, 1.165) is 0 Å². The van der Waals surface area contributed by atoms with Gasteiger partial charge in [-0.1, -0.05) is 6.58 Å². The van der Waals surface area contributed by atoms with Crippen molar-refractivity contribution in [1.82, 2.24) is 0 Å². The smallest absolute Gasteiger partial charge is 0.331 e. The second-order valence-electron chi connectivity index (χ2n) is 2.10. The molecular formula is C7H8O3. The molecule has 0 aromatic rings. The third-order valence-corrected chi connectivity index (χ3v) is 1.15. The Morgan fingerprint density at radius 1 is 1.90 bits per heavy atom. The fourth-order valence-corrected chi connectivity index (χ4v) is 0.756. The second kappa shape index (κ2) is 2.56. The molecule has 0 aromatic carbocycles. The first kappa shape index (κ1) is 6.86. The van der Waals surface area contributed by atoms with Crippen LogP contribution in [-0.2, 0) is 9.53 Å². The van der Waals surface area contributed by atoms with E-state index in [-0.39, 0.29) is 17.8 Å². The molecule has 1 aliphatic rings. The summed E-state index contributed by atoms with van der Waals surface area (Å²) in [5, 5.41) is 8.68. The number of ether oxygens (including phenoxy) is 1. The number of aliphatic hydroxyl groups excluding tert-OH is 1. The molecule has 0 saturated heterocycles. The highest BCUT2D eigenvalue weighted by Gasteiger charge is 2.16. The van der Waals surface area contributed by atoms with E-state index in [9.17, 15) is 4.79 Å². The van der Waals surface area contributed by atoms with E-state index in [1.54, 1.807) is 6.08 Å². The quantitative estimate of drug-likeness (QED) is 0.458. The van der Waals surface area contributed by atoms with Crippen LogP contribution in [0.1, 0.15) is 6.42 Å². The predicted molar refractivity (Wildman–Crippen MR) is 35.4 cm³/mol. The van der Waals surface area contributed by atoms with Crippen LogP contribution in [0.25, 0.3) is 0 Å². The molecule has 1 atom stereocenters. The van der Waals surface area contributed by atoms with Crippen LogP contribution < -0.4 is 0 Å². The lowest BCUT2D eigenvalue weighted by Gasteiger charge is -2.05. The number of aliphatic hydroxyl groups is 1. The summed E-state index contributed by atoms with van der Waals surface area (Å²) in [6.45, 7) is 3.27. The summed E-state index contributed by atoms with van der Waals surface area (Å²) >= 11 is 0. The number of hydrogen-bond acceptors (Lipinski definition) is 3. The number of carbonyl (C=O) groups excluding carboxylic acids is 1. The first-order valence-electron chi connectivity index (χ1n) is 2.94. The molecule has 0 aliphatic carbocycles. The monoisotopic (exact) mass is 140 g/mol. The van der Waals surface area contributed by atoms with Gasteiger partial charge in [-0.25, -0.2) is 4.79 Å². The first-order valence-corrected chi connectivity index (χ1v) is 2.94. The van der Waals surface area contributed by atoms with Crippen molar-refractivity contribution in [3.05, 3.63) is 24.5 Å². The molecule has 10 heavy (non-hydrogen) atoms. The van der Waals surface area contributed by atoms with E-state index < -0.39 is 0 Å². The van der Waals surface area contributed by atoms with E-state index in [1.807, 2.05) is 0 Å². The summed E-state index contributed by atoms with van der Waals surface area (Å²) in [5.74, 6) is -0.324. The van der Waals surface area contributed by atoms with Crippen molar-refractivity contribution < 1.29 is 14.6 Å². The lowest BCUT2D eigenvalue weighted by atomic mass is 10.2. The Morgan fingerprint density at radius 2 is 2.60 bits per heavy atom. The van der Waals surface area contributed by atoms with Crippen LogP contribution in [0.4, 0.5) is 0 Å². The van der Waals surface area contributed by atoms with Gasteiger partial charge in [0.05, 0.1) is 5.76 Å². The molecule has 1 heterocycles. The zero-order valence-corrected chi connectivity index (χ0v) is 5.41. The minimum Gasteiger partial charge on any atom is -0.513 e. The van der Waals surface area contributed by atoms with Gasteiger partial charge in [0.1, 0.15) is 6.10 Å². The number of hydrogen-bond donors (Lipinski definition) is 1. The number of esters is 1. The zero-order valence-electron chi connectivity index (χ0n) is 5.41. The molecular weight excluding hydrogens is 132 g/mol. The van der Waals surface area contributed by atoms with Gasteiger partial charge in [0.25, 0.3) is 0 Å². The maximum atomic E-state index is 10.4. The van der Waals surface area contributed by atoms with Crippen LogP contribution in [0.5, 0.6) is 0 Å². The topological polar surface area (TPSA) is 46.5 Å². The van der Waals surface area contributed by atoms with Gasteiger partial charge < -0.3 is 9.84 Å². The lowest BCUT2D eigenvalue weighted by molar-refractivity contribution is -0.138. The maximum absolute atomic E-state index is 10.4. The molecule has 0 fully saturated rings. The zero-order chi connectivity index (χ0) is 7.56.